The van der Waals surface area contributed by atoms with Crippen LogP contribution in [0.15, 0.2) is 30.3 Å². The lowest BCUT2D eigenvalue weighted by atomic mass is 9.81. The Hall–Kier alpha value is -0.860. The highest BCUT2D eigenvalue weighted by Crippen LogP contribution is 2.29. The average molecular weight is 219 g/mol. The first-order valence-corrected chi connectivity index (χ1v) is 6.02. The summed E-state index contributed by atoms with van der Waals surface area (Å²) in [6.07, 6.45) is 0.736. The summed E-state index contributed by atoms with van der Waals surface area (Å²) in [4.78, 5) is 2.43. The van der Waals surface area contributed by atoms with Crippen molar-refractivity contribution >= 4 is 0 Å². The van der Waals surface area contributed by atoms with E-state index in [0.717, 1.165) is 26.1 Å². The third kappa shape index (κ3) is 2.63. The monoisotopic (exact) mass is 219 g/mol. The van der Waals surface area contributed by atoms with Gasteiger partial charge < -0.3 is 5.11 Å². The van der Waals surface area contributed by atoms with Gasteiger partial charge in [-0.15, -0.1) is 0 Å². The minimum atomic E-state index is -0.153. The minimum absolute atomic E-state index is 0.0209. The fraction of sp³-hybridized carbons (Fsp3) is 0.571. The van der Waals surface area contributed by atoms with Gasteiger partial charge in [0.1, 0.15) is 0 Å². The fourth-order valence-electron chi connectivity index (χ4n) is 2.43. The normalized spacial score (nSPS) is 25.6. The number of benzene rings is 1. The van der Waals surface area contributed by atoms with Crippen LogP contribution < -0.4 is 0 Å². The van der Waals surface area contributed by atoms with Crippen LogP contribution in [-0.4, -0.2) is 29.2 Å². The van der Waals surface area contributed by atoms with E-state index in [2.05, 4.69) is 43.0 Å². The lowest BCUT2D eigenvalue weighted by Crippen LogP contribution is -2.48. The number of aliphatic hydroxyl groups excluding tert-OH is 1. The summed E-state index contributed by atoms with van der Waals surface area (Å²) in [5.41, 5.74) is 1.38. The van der Waals surface area contributed by atoms with Gasteiger partial charge in [-0.25, -0.2) is 0 Å². The first-order chi connectivity index (χ1) is 7.58. The Labute approximate surface area is 97.9 Å². The molecule has 1 aromatic carbocycles. The molecule has 1 saturated heterocycles. The molecule has 1 fully saturated rings. The Kier molecular flexibility index (Phi) is 3.31. The largest absolute Gasteiger partial charge is 0.392 e. The highest BCUT2D eigenvalue weighted by atomic mass is 16.3. The molecule has 0 aliphatic carbocycles. The molecule has 0 aromatic heterocycles. The third-order valence-electron chi connectivity index (χ3n) is 3.50. The minimum Gasteiger partial charge on any atom is -0.392 e. The lowest BCUT2D eigenvalue weighted by molar-refractivity contribution is -0.0270. The van der Waals surface area contributed by atoms with E-state index >= 15 is 0 Å². The molecular formula is C14H21NO. The van der Waals surface area contributed by atoms with Crippen LogP contribution in [0.25, 0.3) is 0 Å². The molecule has 0 amide bonds. The average Bonchev–Trinajstić information content (AvgIpc) is 2.25. The van der Waals surface area contributed by atoms with Gasteiger partial charge in [-0.1, -0.05) is 44.2 Å². The quantitative estimate of drug-likeness (QED) is 0.825. The SMILES string of the molecule is CC1(C)CN(Cc2ccccc2)CC[C@H]1O. The van der Waals surface area contributed by atoms with Crippen LogP contribution in [0.4, 0.5) is 0 Å². The van der Waals surface area contributed by atoms with Crippen molar-refractivity contribution in [2.45, 2.75) is 32.9 Å². The van der Waals surface area contributed by atoms with Crippen molar-refractivity contribution in [1.29, 1.82) is 0 Å². The maximum Gasteiger partial charge on any atom is 0.0615 e. The highest BCUT2D eigenvalue weighted by molar-refractivity contribution is 5.14. The maximum absolute atomic E-state index is 9.89. The third-order valence-corrected chi connectivity index (χ3v) is 3.50. The molecule has 2 rings (SSSR count). The number of piperidine rings is 1. The first-order valence-electron chi connectivity index (χ1n) is 6.02. The van der Waals surface area contributed by atoms with Crippen LogP contribution >= 0.6 is 0 Å². The number of aliphatic hydroxyl groups is 1. The fourth-order valence-corrected chi connectivity index (χ4v) is 2.43. The predicted molar refractivity (Wildman–Crippen MR) is 66.1 cm³/mol. The zero-order valence-electron chi connectivity index (χ0n) is 10.2. The molecule has 88 valence electrons. The van der Waals surface area contributed by atoms with E-state index < -0.39 is 0 Å². The van der Waals surface area contributed by atoms with Gasteiger partial charge >= 0.3 is 0 Å². The van der Waals surface area contributed by atoms with Crippen molar-refractivity contribution < 1.29 is 5.11 Å². The van der Waals surface area contributed by atoms with Crippen LogP contribution in [0.1, 0.15) is 25.8 Å². The van der Waals surface area contributed by atoms with E-state index in [4.69, 9.17) is 0 Å². The molecular weight excluding hydrogens is 198 g/mol. The van der Waals surface area contributed by atoms with Crippen LogP contribution in [-0.2, 0) is 6.54 Å². The van der Waals surface area contributed by atoms with Crippen LogP contribution in [0, 0.1) is 5.41 Å². The van der Waals surface area contributed by atoms with E-state index in [9.17, 15) is 5.11 Å². The summed E-state index contributed by atoms with van der Waals surface area (Å²) in [6, 6.07) is 10.5. The molecule has 0 bridgehead atoms. The molecule has 1 aliphatic heterocycles. The van der Waals surface area contributed by atoms with Crippen molar-refractivity contribution in [2.24, 2.45) is 5.41 Å². The van der Waals surface area contributed by atoms with Gasteiger partial charge in [0.15, 0.2) is 0 Å². The molecule has 1 N–H and O–H groups in total. The number of nitrogens with zero attached hydrogens (tertiary/aromatic N) is 1. The van der Waals surface area contributed by atoms with Crippen molar-refractivity contribution in [3.63, 3.8) is 0 Å². The summed E-state index contributed by atoms with van der Waals surface area (Å²) >= 11 is 0. The molecule has 1 aliphatic rings. The standard InChI is InChI=1S/C14H21NO/c1-14(2)11-15(9-8-13(14)16)10-12-6-4-3-5-7-12/h3-7,13,16H,8-11H2,1-2H3/t13-/m1/s1. The second-order valence-corrected chi connectivity index (χ2v) is 5.49. The van der Waals surface area contributed by atoms with Crippen molar-refractivity contribution in [1.82, 2.24) is 4.90 Å². The first kappa shape index (κ1) is 11.6. The van der Waals surface area contributed by atoms with E-state index in [-0.39, 0.29) is 11.5 Å². The van der Waals surface area contributed by atoms with Crippen molar-refractivity contribution in [2.75, 3.05) is 13.1 Å². The van der Waals surface area contributed by atoms with Gasteiger partial charge in [0.2, 0.25) is 0 Å². The van der Waals surface area contributed by atoms with Crippen molar-refractivity contribution in [3.05, 3.63) is 35.9 Å². The molecule has 1 heterocycles. The summed E-state index contributed by atoms with van der Waals surface area (Å²) in [7, 11) is 0. The smallest absolute Gasteiger partial charge is 0.0615 e. The van der Waals surface area contributed by atoms with Gasteiger partial charge in [-0.3, -0.25) is 4.90 Å². The zero-order chi connectivity index (χ0) is 11.6. The number of likely N-dealkylation sites (tertiary alicyclic amines) is 1. The summed E-state index contributed by atoms with van der Waals surface area (Å²) in [5, 5.41) is 9.89. The molecule has 1 atom stereocenters. The second-order valence-electron chi connectivity index (χ2n) is 5.49. The number of hydrogen-bond acceptors (Lipinski definition) is 2. The molecule has 0 spiro atoms. The predicted octanol–water partition coefficient (Wildman–Crippen LogP) is 2.28. The number of hydrogen-bond donors (Lipinski definition) is 1. The van der Waals surface area contributed by atoms with Gasteiger partial charge in [0.05, 0.1) is 6.10 Å². The van der Waals surface area contributed by atoms with Crippen LogP contribution in [0.5, 0.6) is 0 Å². The van der Waals surface area contributed by atoms with Crippen LogP contribution in [0.3, 0.4) is 0 Å². The lowest BCUT2D eigenvalue weighted by Gasteiger charge is -2.41. The van der Waals surface area contributed by atoms with E-state index in [0.29, 0.717) is 0 Å². The molecule has 1 aromatic rings. The Balaban J connectivity index is 1.97. The molecule has 2 nitrogen and oxygen atoms in total. The molecule has 16 heavy (non-hydrogen) atoms. The number of rotatable bonds is 2. The molecule has 0 unspecified atom stereocenters. The molecule has 0 radical (unpaired) electrons. The van der Waals surface area contributed by atoms with Crippen LogP contribution in [0.2, 0.25) is 0 Å². The zero-order valence-corrected chi connectivity index (χ0v) is 10.2. The Morgan fingerprint density at radius 3 is 2.62 bits per heavy atom. The summed E-state index contributed by atoms with van der Waals surface area (Å²) in [5.74, 6) is 0. The van der Waals surface area contributed by atoms with E-state index in [1.807, 2.05) is 6.07 Å². The van der Waals surface area contributed by atoms with E-state index in [1.54, 1.807) is 0 Å². The summed E-state index contributed by atoms with van der Waals surface area (Å²) < 4.78 is 0. The maximum atomic E-state index is 9.89. The topological polar surface area (TPSA) is 23.5 Å². The van der Waals surface area contributed by atoms with Gasteiger partial charge in [-0.05, 0) is 12.0 Å². The molecule has 2 heteroatoms. The van der Waals surface area contributed by atoms with Gasteiger partial charge in [0.25, 0.3) is 0 Å². The van der Waals surface area contributed by atoms with Gasteiger partial charge in [-0.2, -0.15) is 0 Å². The van der Waals surface area contributed by atoms with Gasteiger partial charge in [0, 0.05) is 25.0 Å². The Morgan fingerprint density at radius 2 is 2.00 bits per heavy atom. The molecule has 0 saturated carbocycles. The Bertz CT molecular complexity index is 334. The highest BCUT2D eigenvalue weighted by Gasteiger charge is 2.34. The van der Waals surface area contributed by atoms with E-state index in [1.165, 1.54) is 5.56 Å². The summed E-state index contributed by atoms with van der Waals surface area (Å²) in [6.45, 7) is 7.27. The Morgan fingerprint density at radius 1 is 1.31 bits per heavy atom. The second kappa shape index (κ2) is 4.56. The van der Waals surface area contributed by atoms with Crippen molar-refractivity contribution in [3.8, 4) is 0 Å².